The quantitative estimate of drug-likeness (QED) is 0.0871. The number of ether oxygens (including phenoxy) is 4. The minimum Gasteiger partial charge on any atom is -0.480 e. The van der Waals surface area contributed by atoms with Crippen LogP contribution in [0.15, 0.2) is 4.76 Å². The first-order chi connectivity index (χ1) is 16.6. The van der Waals surface area contributed by atoms with Crippen LogP contribution in [0.1, 0.15) is 52.9 Å². The van der Waals surface area contributed by atoms with Crippen molar-refractivity contribution in [3.05, 3.63) is 0 Å². The van der Waals surface area contributed by atoms with Gasteiger partial charge in [0.25, 0.3) is 0 Å². The number of nitrogens with two attached hydrogens (primary N) is 1. The lowest BCUT2D eigenvalue weighted by molar-refractivity contribution is -0.141. The molecule has 0 saturated heterocycles. The molecule has 15 heteroatoms. The Morgan fingerprint density at radius 2 is 1.29 bits per heavy atom. The van der Waals surface area contributed by atoms with Gasteiger partial charge >= 0.3 is 26.0 Å². The van der Waals surface area contributed by atoms with E-state index in [4.69, 9.17) is 33.7 Å². The van der Waals surface area contributed by atoms with Crippen molar-refractivity contribution in [3.63, 3.8) is 0 Å². The first-order valence-corrected chi connectivity index (χ1v) is 12.9. The van der Waals surface area contributed by atoms with Crippen molar-refractivity contribution in [1.82, 2.24) is 4.90 Å². The highest BCUT2D eigenvalue weighted by Crippen LogP contribution is 2.50. The molecule has 0 bridgehead atoms. The zero-order valence-corrected chi connectivity index (χ0v) is 21.7. The standard InChI is InChI=1S/C20H38N3O11P/c1-5-10-29-19(26)31-12-8-14-33-35(28,22-18(21)23(4)16(7-3)17(24)25)34-15-9-13-32-20(27)30-11-6-2/h16H,5-15H2,1-4H3,(H,24,25)(H2,21,22,28). The zero-order chi connectivity index (χ0) is 26.7. The Kier molecular flexibility index (Phi) is 17.3. The number of rotatable bonds is 18. The van der Waals surface area contributed by atoms with Crippen molar-refractivity contribution in [1.29, 1.82) is 0 Å². The van der Waals surface area contributed by atoms with Gasteiger partial charge in [-0.25, -0.2) is 18.9 Å². The molecule has 204 valence electrons. The minimum atomic E-state index is -4.19. The fraction of sp³-hybridized carbons (Fsp3) is 0.800. The van der Waals surface area contributed by atoms with E-state index in [2.05, 4.69) is 4.76 Å². The van der Waals surface area contributed by atoms with Gasteiger partial charge < -0.3 is 34.7 Å². The second-order valence-electron chi connectivity index (χ2n) is 7.07. The van der Waals surface area contributed by atoms with Crippen molar-refractivity contribution in [2.75, 3.05) is 46.7 Å². The maximum atomic E-state index is 13.1. The van der Waals surface area contributed by atoms with E-state index in [-0.39, 0.29) is 64.9 Å². The van der Waals surface area contributed by atoms with Crippen LogP contribution in [0.2, 0.25) is 0 Å². The molecular formula is C20H38N3O11P. The average molecular weight is 528 g/mol. The summed E-state index contributed by atoms with van der Waals surface area (Å²) in [7, 11) is -2.80. The number of carboxylic acid groups (broad SMARTS) is 1. The number of hydrogen-bond acceptors (Lipinski definition) is 10. The SMILES string of the molecule is CCCOC(=O)OCCCOP(=O)(N=C(N)N(C)C(CC)C(=O)O)OCCCOC(=O)OCCC. The molecule has 0 aromatic heterocycles. The highest BCUT2D eigenvalue weighted by Gasteiger charge is 2.29. The average Bonchev–Trinajstić information content (AvgIpc) is 2.80. The third-order valence-electron chi connectivity index (χ3n) is 4.10. The second kappa shape index (κ2) is 18.7. The molecule has 0 fully saturated rings. The van der Waals surface area contributed by atoms with E-state index in [9.17, 15) is 24.1 Å². The molecule has 0 aromatic rings. The van der Waals surface area contributed by atoms with Gasteiger partial charge in [0, 0.05) is 19.9 Å². The van der Waals surface area contributed by atoms with Crippen LogP contribution >= 0.6 is 7.75 Å². The predicted molar refractivity (Wildman–Crippen MR) is 125 cm³/mol. The number of aliphatic carboxylic acids is 1. The van der Waals surface area contributed by atoms with Crippen molar-refractivity contribution in [3.8, 4) is 0 Å². The van der Waals surface area contributed by atoms with Gasteiger partial charge in [0.05, 0.1) is 39.6 Å². The second-order valence-corrected chi connectivity index (χ2v) is 8.72. The largest absolute Gasteiger partial charge is 0.508 e. The molecule has 0 radical (unpaired) electrons. The van der Waals surface area contributed by atoms with Gasteiger partial charge in [0.1, 0.15) is 6.04 Å². The van der Waals surface area contributed by atoms with Crippen LogP contribution in [0.3, 0.4) is 0 Å². The molecule has 0 heterocycles. The van der Waals surface area contributed by atoms with Gasteiger partial charge in [0.2, 0.25) is 5.96 Å². The minimum absolute atomic E-state index is 0.0632. The van der Waals surface area contributed by atoms with Crippen LogP contribution in [0.4, 0.5) is 9.59 Å². The van der Waals surface area contributed by atoms with Gasteiger partial charge in [-0.1, -0.05) is 20.8 Å². The van der Waals surface area contributed by atoms with Crippen LogP contribution in [-0.2, 0) is 37.4 Å². The Morgan fingerprint density at radius 1 is 0.857 bits per heavy atom. The molecule has 0 spiro atoms. The fourth-order valence-electron chi connectivity index (χ4n) is 2.31. The van der Waals surface area contributed by atoms with Crippen molar-refractivity contribution >= 4 is 32.0 Å². The maximum Gasteiger partial charge on any atom is 0.508 e. The topological polar surface area (TPSA) is 186 Å². The van der Waals surface area contributed by atoms with Gasteiger partial charge in [0.15, 0.2) is 0 Å². The van der Waals surface area contributed by atoms with E-state index < -0.39 is 32.1 Å². The molecule has 14 nitrogen and oxygen atoms in total. The number of hydrogen-bond donors (Lipinski definition) is 2. The number of nitrogens with zero attached hydrogens (tertiary/aromatic N) is 2. The van der Waals surface area contributed by atoms with Crippen LogP contribution in [0.25, 0.3) is 0 Å². The van der Waals surface area contributed by atoms with E-state index in [0.717, 1.165) is 4.90 Å². The molecule has 0 aromatic carbocycles. The number of carbonyl (C=O) groups excluding carboxylic acids is 2. The summed E-state index contributed by atoms with van der Waals surface area (Å²) in [5.74, 6) is -1.49. The van der Waals surface area contributed by atoms with Crippen LogP contribution in [0, 0.1) is 0 Å². The van der Waals surface area contributed by atoms with Gasteiger partial charge in [-0.3, -0.25) is 9.05 Å². The zero-order valence-electron chi connectivity index (χ0n) is 20.8. The lowest BCUT2D eigenvalue weighted by Crippen LogP contribution is -2.45. The molecule has 0 aliphatic heterocycles. The number of carbonyl (C=O) groups is 3. The van der Waals surface area contributed by atoms with Crippen molar-refractivity contribution < 1.29 is 52.1 Å². The predicted octanol–water partition coefficient (Wildman–Crippen LogP) is 3.14. The molecule has 1 atom stereocenters. The summed E-state index contributed by atoms with van der Waals surface area (Å²) >= 11 is 0. The molecule has 1 unspecified atom stereocenters. The third-order valence-corrected chi connectivity index (χ3v) is 5.57. The van der Waals surface area contributed by atoms with Crippen LogP contribution < -0.4 is 5.73 Å². The molecule has 0 aliphatic carbocycles. The molecule has 35 heavy (non-hydrogen) atoms. The van der Waals surface area contributed by atoms with E-state index in [1.165, 1.54) is 7.05 Å². The van der Waals surface area contributed by atoms with E-state index in [0.29, 0.717) is 12.8 Å². The van der Waals surface area contributed by atoms with E-state index in [1.54, 1.807) is 6.92 Å². The first kappa shape index (κ1) is 32.4. The Labute approximate surface area is 205 Å². The Bertz CT molecular complexity index is 686. The lowest BCUT2D eigenvalue weighted by atomic mass is 10.2. The summed E-state index contributed by atoms with van der Waals surface area (Å²) in [5.41, 5.74) is 5.86. The maximum absolute atomic E-state index is 13.1. The molecule has 3 N–H and O–H groups in total. The smallest absolute Gasteiger partial charge is 0.480 e. The molecule has 0 saturated carbocycles. The van der Waals surface area contributed by atoms with Gasteiger partial charge in [-0.15, -0.1) is 4.76 Å². The summed E-state index contributed by atoms with van der Waals surface area (Å²) < 4.78 is 46.8. The first-order valence-electron chi connectivity index (χ1n) is 11.4. The lowest BCUT2D eigenvalue weighted by Gasteiger charge is -2.25. The van der Waals surface area contributed by atoms with E-state index in [1.807, 2.05) is 13.8 Å². The van der Waals surface area contributed by atoms with Crippen molar-refractivity contribution in [2.24, 2.45) is 10.5 Å². The molecule has 0 amide bonds. The van der Waals surface area contributed by atoms with Crippen LogP contribution in [-0.4, -0.2) is 87.0 Å². The Morgan fingerprint density at radius 3 is 1.66 bits per heavy atom. The highest BCUT2D eigenvalue weighted by molar-refractivity contribution is 7.52. The van der Waals surface area contributed by atoms with E-state index >= 15 is 0 Å². The summed E-state index contributed by atoms with van der Waals surface area (Å²) in [6.45, 7) is 5.32. The number of carboxylic acids is 1. The molecular weight excluding hydrogens is 489 g/mol. The van der Waals surface area contributed by atoms with Crippen molar-refractivity contribution in [2.45, 2.75) is 58.9 Å². The normalized spacial score (nSPS) is 12.5. The molecule has 0 aliphatic rings. The Balaban J connectivity index is 4.97. The number of guanidine groups is 1. The summed E-state index contributed by atoms with van der Waals surface area (Å²) in [4.78, 5) is 35.2. The third kappa shape index (κ3) is 15.1. The van der Waals surface area contributed by atoms with Gasteiger partial charge in [-0.05, 0) is 19.3 Å². The Hall–Kier alpha value is -2.57. The highest BCUT2D eigenvalue weighted by atomic mass is 31.2. The summed E-state index contributed by atoms with van der Waals surface area (Å²) in [5, 5.41) is 9.30. The summed E-state index contributed by atoms with van der Waals surface area (Å²) in [6, 6.07) is -1.00. The molecule has 0 rings (SSSR count). The monoisotopic (exact) mass is 527 g/mol. The fourth-order valence-corrected chi connectivity index (χ4v) is 3.61. The van der Waals surface area contributed by atoms with Gasteiger partial charge in [-0.2, -0.15) is 0 Å². The summed E-state index contributed by atoms with van der Waals surface area (Å²) in [6.07, 6.45) is 0.165. The number of likely N-dealkylation sites (N-methyl/N-ethyl adjacent to an activating group) is 1. The van der Waals surface area contributed by atoms with Crippen LogP contribution in [0.5, 0.6) is 0 Å².